The number of hydrogen-bond acceptors (Lipinski definition) is 7. The Bertz CT molecular complexity index is 1140. The van der Waals surface area contributed by atoms with Crippen LogP contribution in [-0.2, 0) is 22.6 Å². The molecule has 0 atom stereocenters. The highest BCUT2D eigenvalue weighted by Gasteiger charge is 2.27. The Balaban J connectivity index is 1.33. The molecule has 2 aromatic heterocycles. The minimum absolute atomic E-state index is 0.0476. The van der Waals surface area contributed by atoms with Gasteiger partial charge in [-0.25, -0.2) is 14.5 Å². The summed E-state index contributed by atoms with van der Waals surface area (Å²) in [6.07, 6.45) is 1.74. The predicted octanol–water partition coefficient (Wildman–Crippen LogP) is 2.45. The van der Waals surface area contributed by atoms with Gasteiger partial charge in [0.25, 0.3) is 0 Å². The summed E-state index contributed by atoms with van der Waals surface area (Å²) in [6.45, 7) is 7.46. The quantitative estimate of drug-likeness (QED) is 0.557. The zero-order valence-corrected chi connectivity index (χ0v) is 19.7. The van der Waals surface area contributed by atoms with Crippen LogP contribution < -0.4 is 11.0 Å². The smallest absolute Gasteiger partial charge is 0.345 e. The van der Waals surface area contributed by atoms with Crippen molar-refractivity contribution in [2.45, 2.75) is 45.7 Å². The Morgan fingerprint density at radius 3 is 2.81 bits per heavy atom. The van der Waals surface area contributed by atoms with Gasteiger partial charge in [0.2, 0.25) is 5.91 Å². The first-order chi connectivity index (χ1) is 15.5. The third-order valence-corrected chi connectivity index (χ3v) is 6.82. The van der Waals surface area contributed by atoms with Gasteiger partial charge in [0.1, 0.15) is 5.82 Å². The van der Waals surface area contributed by atoms with Crippen LogP contribution in [0.2, 0.25) is 0 Å². The average Bonchev–Trinajstić information content (AvgIpc) is 3.31. The highest BCUT2D eigenvalue weighted by molar-refractivity contribution is 7.22. The summed E-state index contributed by atoms with van der Waals surface area (Å²) >= 11 is 1.50. The second-order valence-corrected chi connectivity index (χ2v) is 9.22. The van der Waals surface area contributed by atoms with Gasteiger partial charge in [-0.3, -0.25) is 14.3 Å². The Kier molecular flexibility index (Phi) is 7.02. The van der Waals surface area contributed by atoms with E-state index in [2.05, 4.69) is 26.4 Å². The summed E-state index contributed by atoms with van der Waals surface area (Å²) in [5, 5.41) is 8.17. The lowest BCUT2D eigenvalue weighted by Crippen LogP contribution is -2.39. The molecule has 1 fully saturated rings. The van der Waals surface area contributed by atoms with Crippen LogP contribution in [0.25, 0.3) is 10.2 Å². The third kappa shape index (κ3) is 4.92. The van der Waals surface area contributed by atoms with Crippen LogP contribution in [0.5, 0.6) is 0 Å². The van der Waals surface area contributed by atoms with Crippen molar-refractivity contribution >= 4 is 32.6 Å². The molecule has 1 aliphatic rings. The number of carbonyl (C=O) groups excluding carboxylic acids is 1. The molecule has 1 N–H and O–H groups in total. The van der Waals surface area contributed by atoms with Crippen molar-refractivity contribution in [2.75, 3.05) is 38.7 Å². The number of methoxy groups -OCH3 is 1. The minimum atomic E-state index is -0.0765. The molecule has 1 aliphatic heterocycles. The van der Waals surface area contributed by atoms with Crippen LogP contribution in [-0.4, -0.2) is 63.5 Å². The number of piperidine rings is 1. The Morgan fingerprint density at radius 2 is 2.09 bits per heavy atom. The number of carbonyl (C=O) groups is 1. The zero-order valence-electron chi connectivity index (χ0n) is 18.8. The fraction of sp³-hybridized carbons (Fsp3) is 0.545. The van der Waals surface area contributed by atoms with Crippen LogP contribution in [0.4, 0.5) is 5.13 Å². The van der Waals surface area contributed by atoms with Crippen molar-refractivity contribution in [3.8, 4) is 0 Å². The number of amides is 1. The molecule has 172 valence electrons. The van der Waals surface area contributed by atoms with Gasteiger partial charge < -0.3 is 10.1 Å². The lowest BCUT2D eigenvalue weighted by molar-refractivity contribution is -0.117. The number of nitrogens with zero attached hydrogens (tertiary/aromatic N) is 5. The number of nitrogens with one attached hydrogen (secondary N) is 1. The number of fused-ring (bicyclic) bond motifs is 1. The maximum absolute atomic E-state index is 12.6. The first-order valence-corrected chi connectivity index (χ1v) is 11.9. The average molecular weight is 459 g/mol. The van der Waals surface area contributed by atoms with Gasteiger partial charge in [-0.15, -0.1) is 0 Å². The second-order valence-electron chi connectivity index (χ2n) is 8.19. The van der Waals surface area contributed by atoms with Gasteiger partial charge in [-0.1, -0.05) is 17.4 Å². The second kappa shape index (κ2) is 9.93. The number of aryl methyl sites for hydroxylation is 1. The molecule has 32 heavy (non-hydrogen) atoms. The molecule has 1 amide bonds. The fourth-order valence-corrected chi connectivity index (χ4v) is 5.16. The van der Waals surface area contributed by atoms with Gasteiger partial charge in [0.15, 0.2) is 5.13 Å². The highest BCUT2D eigenvalue weighted by Crippen LogP contribution is 2.28. The molecular formula is C22H30N6O3S. The molecule has 4 rings (SSSR count). The van der Waals surface area contributed by atoms with Crippen molar-refractivity contribution in [2.24, 2.45) is 0 Å². The lowest BCUT2D eigenvalue weighted by Gasteiger charge is -2.30. The molecule has 1 aromatic carbocycles. The van der Waals surface area contributed by atoms with E-state index in [0.29, 0.717) is 31.4 Å². The maximum Gasteiger partial charge on any atom is 0.345 e. The van der Waals surface area contributed by atoms with Crippen molar-refractivity contribution in [1.82, 2.24) is 24.2 Å². The fourth-order valence-electron chi connectivity index (χ4n) is 4.18. The first kappa shape index (κ1) is 22.6. The van der Waals surface area contributed by atoms with E-state index in [9.17, 15) is 9.59 Å². The van der Waals surface area contributed by atoms with Crippen molar-refractivity contribution in [3.05, 3.63) is 40.1 Å². The van der Waals surface area contributed by atoms with E-state index < -0.39 is 0 Å². The highest BCUT2D eigenvalue weighted by atomic mass is 32.1. The van der Waals surface area contributed by atoms with Gasteiger partial charge in [-0.2, -0.15) is 5.10 Å². The Morgan fingerprint density at radius 1 is 1.31 bits per heavy atom. The first-order valence-electron chi connectivity index (χ1n) is 11.0. The molecule has 0 unspecified atom stereocenters. The van der Waals surface area contributed by atoms with E-state index in [1.165, 1.54) is 21.6 Å². The van der Waals surface area contributed by atoms with Crippen LogP contribution in [0.3, 0.4) is 0 Å². The van der Waals surface area contributed by atoms with Gasteiger partial charge in [0, 0.05) is 19.6 Å². The summed E-state index contributed by atoms with van der Waals surface area (Å²) < 4.78 is 9.43. The molecule has 0 saturated carbocycles. The molecule has 10 heteroatoms. The van der Waals surface area contributed by atoms with Crippen LogP contribution in [0.15, 0.2) is 23.0 Å². The molecule has 0 spiro atoms. The van der Waals surface area contributed by atoms with Crippen molar-refractivity contribution < 1.29 is 9.53 Å². The van der Waals surface area contributed by atoms with Gasteiger partial charge in [0.05, 0.1) is 29.9 Å². The SMILES string of the molecule is CCn1c(C2CCN(CC(=O)Nc3nc4ccc(C)cc4s3)CC2)nn(CCOC)c1=O. The number of likely N-dealkylation sites (tertiary alicyclic amines) is 1. The van der Waals surface area contributed by atoms with E-state index in [0.717, 1.165) is 42.0 Å². The normalized spacial score (nSPS) is 15.5. The number of rotatable bonds is 8. The van der Waals surface area contributed by atoms with Gasteiger partial charge >= 0.3 is 5.69 Å². The molecule has 0 bridgehead atoms. The third-order valence-electron chi connectivity index (χ3n) is 5.89. The van der Waals surface area contributed by atoms with Crippen LogP contribution in [0, 0.1) is 6.92 Å². The number of ether oxygens (including phenoxy) is 1. The number of anilines is 1. The molecule has 0 aliphatic carbocycles. The summed E-state index contributed by atoms with van der Waals surface area (Å²) in [6, 6.07) is 6.09. The van der Waals surface area contributed by atoms with E-state index >= 15 is 0 Å². The molecule has 1 saturated heterocycles. The Hall–Kier alpha value is -2.56. The topological polar surface area (TPSA) is 94.3 Å². The van der Waals surface area contributed by atoms with E-state index in [1.807, 2.05) is 26.0 Å². The standard InChI is InChI=1S/C22H30N6O3S/c1-4-27-20(25-28(22(27)30)11-12-31-3)16-7-9-26(10-8-16)14-19(29)24-21-23-17-6-5-15(2)13-18(17)32-21/h5-6,13,16H,4,7-12,14H2,1-3H3,(H,23,24,29). The number of aromatic nitrogens is 4. The number of thiazole rings is 1. The van der Waals surface area contributed by atoms with Crippen molar-refractivity contribution in [1.29, 1.82) is 0 Å². The molecular weight excluding hydrogens is 428 g/mol. The van der Waals surface area contributed by atoms with E-state index in [1.54, 1.807) is 11.7 Å². The monoisotopic (exact) mass is 458 g/mol. The number of benzene rings is 1. The zero-order chi connectivity index (χ0) is 22.7. The van der Waals surface area contributed by atoms with Crippen molar-refractivity contribution in [3.63, 3.8) is 0 Å². The minimum Gasteiger partial charge on any atom is -0.383 e. The molecule has 3 aromatic rings. The van der Waals surface area contributed by atoms with Crippen LogP contribution >= 0.6 is 11.3 Å². The maximum atomic E-state index is 12.6. The lowest BCUT2D eigenvalue weighted by atomic mass is 9.96. The Labute approximate surface area is 191 Å². The largest absolute Gasteiger partial charge is 0.383 e. The van der Waals surface area contributed by atoms with E-state index in [4.69, 9.17) is 4.74 Å². The molecule has 3 heterocycles. The summed E-state index contributed by atoms with van der Waals surface area (Å²) in [7, 11) is 1.62. The molecule has 9 nitrogen and oxygen atoms in total. The van der Waals surface area contributed by atoms with E-state index in [-0.39, 0.29) is 17.5 Å². The summed E-state index contributed by atoms with van der Waals surface area (Å²) in [5.41, 5.74) is 2.01. The van der Waals surface area contributed by atoms with Crippen LogP contribution in [0.1, 0.15) is 37.1 Å². The van der Waals surface area contributed by atoms with Gasteiger partial charge in [-0.05, 0) is 57.5 Å². The summed E-state index contributed by atoms with van der Waals surface area (Å²) in [5.74, 6) is 1.02. The number of hydrogen-bond donors (Lipinski definition) is 1. The molecule has 0 radical (unpaired) electrons. The predicted molar refractivity (Wildman–Crippen MR) is 125 cm³/mol. The summed E-state index contributed by atoms with van der Waals surface area (Å²) in [4.78, 5) is 31.8.